The molecule has 26 heavy (non-hydrogen) atoms. The van der Waals surface area contributed by atoms with Crippen LogP contribution in [0.25, 0.3) is 0 Å². The molecule has 9 heteroatoms. The number of nitrogens with zero attached hydrogens (tertiary/aromatic N) is 4. The standard InChI is InChI=1S/C17H23N5O2S2/c23-15(17-25-3-4-26-17)19-11-5-10-6-13(7-11)21(9-10)16(24)14-8-18-20-22(14)12-1-2-12/h8,10-13,17H,1-7,9H2,(H,19,23). The summed E-state index contributed by atoms with van der Waals surface area (Å²) in [6, 6.07) is 0.766. The van der Waals surface area contributed by atoms with Crippen LogP contribution in [0.5, 0.6) is 0 Å². The zero-order chi connectivity index (χ0) is 17.7. The number of carbonyl (C=O) groups is 2. The first-order valence-corrected chi connectivity index (χ1v) is 11.5. The van der Waals surface area contributed by atoms with Crippen LogP contribution >= 0.6 is 23.5 Å². The van der Waals surface area contributed by atoms with E-state index in [9.17, 15) is 9.59 Å². The number of rotatable bonds is 4. The highest BCUT2D eigenvalue weighted by molar-refractivity contribution is 8.21. The minimum absolute atomic E-state index is 0.0475. The van der Waals surface area contributed by atoms with Crippen LogP contribution in [0.2, 0.25) is 0 Å². The van der Waals surface area contributed by atoms with Gasteiger partial charge in [-0.15, -0.1) is 28.6 Å². The van der Waals surface area contributed by atoms with E-state index in [1.165, 1.54) is 0 Å². The summed E-state index contributed by atoms with van der Waals surface area (Å²) in [5, 5.41) is 11.3. The quantitative estimate of drug-likeness (QED) is 0.836. The first kappa shape index (κ1) is 16.9. The van der Waals surface area contributed by atoms with E-state index in [0.29, 0.717) is 17.7 Å². The topological polar surface area (TPSA) is 80.1 Å². The van der Waals surface area contributed by atoms with E-state index in [1.807, 2.05) is 4.90 Å². The van der Waals surface area contributed by atoms with Crippen molar-refractivity contribution < 1.29 is 9.59 Å². The molecular formula is C17H23N5O2S2. The first-order chi connectivity index (χ1) is 12.7. The van der Waals surface area contributed by atoms with Gasteiger partial charge in [0.2, 0.25) is 5.91 Å². The van der Waals surface area contributed by atoms with Gasteiger partial charge >= 0.3 is 0 Å². The molecule has 3 atom stereocenters. The number of fused-ring (bicyclic) bond motifs is 2. The van der Waals surface area contributed by atoms with Gasteiger partial charge in [-0.05, 0) is 38.0 Å². The Balaban J connectivity index is 1.25. The second-order valence-electron chi connectivity index (χ2n) is 7.76. The molecule has 140 valence electrons. The van der Waals surface area contributed by atoms with Gasteiger partial charge in [-0.2, -0.15) is 0 Å². The average Bonchev–Trinajstić information content (AvgIpc) is 3.06. The molecule has 4 aliphatic rings. The van der Waals surface area contributed by atoms with Crippen molar-refractivity contribution in [3.8, 4) is 0 Å². The van der Waals surface area contributed by atoms with Gasteiger partial charge in [0.25, 0.3) is 5.91 Å². The predicted molar refractivity (Wildman–Crippen MR) is 101 cm³/mol. The van der Waals surface area contributed by atoms with E-state index < -0.39 is 0 Å². The van der Waals surface area contributed by atoms with Gasteiger partial charge in [-0.3, -0.25) is 9.59 Å². The molecule has 2 saturated heterocycles. The van der Waals surface area contributed by atoms with E-state index in [2.05, 4.69) is 15.6 Å². The Morgan fingerprint density at radius 2 is 1.92 bits per heavy atom. The van der Waals surface area contributed by atoms with Crippen molar-refractivity contribution in [1.29, 1.82) is 0 Å². The van der Waals surface area contributed by atoms with E-state index >= 15 is 0 Å². The summed E-state index contributed by atoms with van der Waals surface area (Å²) in [6.07, 6.45) is 6.67. The molecular weight excluding hydrogens is 370 g/mol. The molecule has 4 fully saturated rings. The number of thioether (sulfide) groups is 2. The van der Waals surface area contributed by atoms with Crippen LogP contribution in [0.4, 0.5) is 0 Å². The Labute approximate surface area is 161 Å². The van der Waals surface area contributed by atoms with Crippen LogP contribution in [0.3, 0.4) is 0 Å². The Kier molecular flexibility index (Phi) is 4.39. The van der Waals surface area contributed by atoms with Crippen molar-refractivity contribution in [2.24, 2.45) is 5.92 Å². The molecule has 0 radical (unpaired) electrons. The number of amides is 2. The van der Waals surface area contributed by atoms with Gasteiger partial charge in [0.05, 0.1) is 12.2 Å². The third-order valence-corrected chi connectivity index (χ3v) is 8.79. The predicted octanol–water partition coefficient (Wildman–Crippen LogP) is 1.53. The van der Waals surface area contributed by atoms with Crippen LogP contribution in [0, 0.1) is 5.92 Å². The van der Waals surface area contributed by atoms with Gasteiger partial charge in [-0.1, -0.05) is 5.21 Å². The molecule has 7 nitrogen and oxygen atoms in total. The Bertz CT molecular complexity index is 716. The third kappa shape index (κ3) is 3.13. The van der Waals surface area contributed by atoms with Crippen molar-refractivity contribution >= 4 is 35.3 Å². The van der Waals surface area contributed by atoms with Crippen molar-refractivity contribution in [1.82, 2.24) is 25.2 Å². The lowest BCUT2D eigenvalue weighted by atomic mass is 9.86. The van der Waals surface area contributed by atoms with Crippen LogP contribution in [0.15, 0.2) is 6.20 Å². The molecule has 1 aromatic heterocycles. The lowest BCUT2D eigenvalue weighted by Gasteiger charge is -2.30. The van der Waals surface area contributed by atoms with Crippen LogP contribution < -0.4 is 5.32 Å². The van der Waals surface area contributed by atoms with E-state index in [4.69, 9.17) is 0 Å². The maximum Gasteiger partial charge on any atom is 0.274 e. The molecule has 2 bridgehead atoms. The fourth-order valence-electron chi connectivity index (χ4n) is 4.51. The average molecular weight is 394 g/mol. The first-order valence-electron chi connectivity index (χ1n) is 9.44. The molecule has 1 N–H and O–H groups in total. The smallest absolute Gasteiger partial charge is 0.274 e. The van der Waals surface area contributed by atoms with Gasteiger partial charge in [0.1, 0.15) is 10.3 Å². The highest BCUT2D eigenvalue weighted by atomic mass is 32.2. The summed E-state index contributed by atoms with van der Waals surface area (Å²) in [5.41, 5.74) is 0.624. The SMILES string of the molecule is O=C(NC1CC2CC(C1)N(C(=O)c1cnnn1C1CC1)C2)C1SCCS1. The molecule has 2 saturated carbocycles. The Morgan fingerprint density at radius 1 is 1.12 bits per heavy atom. The second-order valence-corrected chi connectivity index (χ2v) is 10.5. The van der Waals surface area contributed by atoms with Crippen LogP contribution in [0.1, 0.15) is 48.6 Å². The molecule has 3 unspecified atom stereocenters. The number of carbonyl (C=O) groups excluding carboxylic acids is 2. The summed E-state index contributed by atoms with van der Waals surface area (Å²) in [4.78, 5) is 27.5. The largest absolute Gasteiger partial charge is 0.352 e. The van der Waals surface area contributed by atoms with E-state index in [1.54, 1.807) is 34.4 Å². The molecule has 2 aliphatic carbocycles. The molecule has 0 spiro atoms. The fourth-order valence-corrected chi connectivity index (χ4v) is 7.11. The summed E-state index contributed by atoms with van der Waals surface area (Å²) in [7, 11) is 0. The van der Waals surface area contributed by atoms with Crippen molar-refractivity contribution in [2.45, 2.75) is 54.8 Å². The Morgan fingerprint density at radius 3 is 2.69 bits per heavy atom. The summed E-state index contributed by atoms with van der Waals surface area (Å²) >= 11 is 3.48. The van der Waals surface area contributed by atoms with Gasteiger partial charge in [0, 0.05) is 30.1 Å². The maximum atomic E-state index is 13.1. The minimum atomic E-state index is 0.0475. The normalized spacial score (nSPS) is 31.4. The zero-order valence-electron chi connectivity index (χ0n) is 14.5. The fraction of sp³-hybridized carbons (Fsp3) is 0.765. The van der Waals surface area contributed by atoms with Crippen molar-refractivity contribution in [2.75, 3.05) is 18.1 Å². The lowest BCUT2D eigenvalue weighted by Crippen LogP contribution is -2.45. The van der Waals surface area contributed by atoms with Crippen molar-refractivity contribution in [3.05, 3.63) is 11.9 Å². The number of aromatic nitrogens is 3. The second kappa shape index (κ2) is 6.74. The molecule has 0 aromatic carbocycles. The maximum absolute atomic E-state index is 13.1. The molecule has 5 rings (SSSR count). The zero-order valence-corrected chi connectivity index (χ0v) is 16.2. The lowest BCUT2D eigenvalue weighted by molar-refractivity contribution is -0.120. The minimum Gasteiger partial charge on any atom is -0.352 e. The third-order valence-electron chi connectivity index (χ3n) is 5.81. The summed E-state index contributed by atoms with van der Waals surface area (Å²) < 4.78 is 1.85. The number of nitrogens with one attached hydrogen (secondary N) is 1. The number of hydrogen-bond acceptors (Lipinski definition) is 6. The Hall–Kier alpha value is -1.22. The number of likely N-dealkylation sites (tertiary alicyclic amines) is 1. The van der Waals surface area contributed by atoms with Crippen molar-refractivity contribution in [3.63, 3.8) is 0 Å². The van der Waals surface area contributed by atoms with Crippen LogP contribution in [-0.4, -0.2) is 66.4 Å². The monoisotopic (exact) mass is 393 g/mol. The highest BCUT2D eigenvalue weighted by Crippen LogP contribution is 2.39. The molecule has 1 aromatic rings. The van der Waals surface area contributed by atoms with E-state index in [0.717, 1.165) is 50.2 Å². The van der Waals surface area contributed by atoms with Gasteiger partial charge in [0.15, 0.2) is 0 Å². The molecule has 3 heterocycles. The summed E-state index contributed by atoms with van der Waals surface area (Å²) in [5.74, 6) is 2.82. The molecule has 2 aliphatic heterocycles. The molecule has 2 amide bonds. The number of hydrogen-bond donors (Lipinski definition) is 1. The highest BCUT2D eigenvalue weighted by Gasteiger charge is 2.44. The summed E-state index contributed by atoms with van der Waals surface area (Å²) in [6.45, 7) is 0.790. The van der Waals surface area contributed by atoms with Gasteiger partial charge < -0.3 is 10.2 Å². The van der Waals surface area contributed by atoms with Gasteiger partial charge in [-0.25, -0.2) is 4.68 Å². The van der Waals surface area contributed by atoms with Crippen LogP contribution in [-0.2, 0) is 4.79 Å². The van der Waals surface area contributed by atoms with E-state index in [-0.39, 0.29) is 28.5 Å².